The van der Waals surface area contributed by atoms with E-state index in [1.807, 2.05) is 19.9 Å². The summed E-state index contributed by atoms with van der Waals surface area (Å²) in [6.07, 6.45) is 0.649. The molecule has 0 radical (unpaired) electrons. The van der Waals surface area contributed by atoms with Crippen LogP contribution in [-0.4, -0.2) is 14.2 Å². The van der Waals surface area contributed by atoms with Crippen LogP contribution in [0.2, 0.25) is 5.02 Å². The zero-order valence-corrected chi connectivity index (χ0v) is 12.1. The number of benzene rings is 1. The van der Waals surface area contributed by atoms with Crippen LogP contribution in [0.3, 0.4) is 0 Å². The Bertz CT molecular complexity index is 559. The maximum absolute atomic E-state index is 11.9. The molecule has 18 heavy (non-hydrogen) atoms. The first kappa shape index (κ1) is 15.0. The predicted octanol–water partition coefficient (Wildman–Crippen LogP) is 3.17. The quantitative estimate of drug-likeness (QED) is 0.835. The minimum Gasteiger partial charge on any atom is -0.228 e. The highest BCUT2D eigenvalue weighted by atomic mass is 35.5. The second-order valence-corrected chi connectivity index (χ2v) is 7.28. The van der Waals surface area contributed by atoms with Crippen LogP contribution in [0.5, 0.6) is 0 Å². The molecule has 0 saturated carbocycles. The van der Waals surface area contributed by atoms with Crippen molar-refractivity contribution in [3.63, 3.8) is 0 Å². The van der Waals surface area contributed by atoms with Crippen LogP contribution in [0.15, 0.2) is 18.2 Å². The van der Waals surface area contributed by atoms with Crippen LogP contribution in [0, 0.1) is 17.2 Å². The number of rotatable bonds is 5. The fourth-order valence-corrected chi connectivity index (χ4v) is 3.49. The Morgan fingerprint density at radius 2 is 2.06 bits per heavy atom. The smallest absolute Gasteiger partial charge is 0.154 e. The Hall–Kier alpha value is -1.05. The number of sulfone groups is 1. The Kier molecular flexibility index (Phi) is 5.18. The van der Waals surface area contributed by atoms with E-state index in [-0.39, 0.29) is 11.5 Å². The molecule has 0 amide bonds. The molecule has 98 valence electrons. The van der Waals surface area contributed by atoms with E-state index in [9.17, 15) is 8.42 Å². The molecule has 1 aromatic carbocycles. The van der Waals surface area contributed by atoms with Crippen molar-refractivity contribution in [2.24, 2.45) is 5.92 Å². The van der Waals surface area contributed by atoms with Crippen molar-refractivity contribution in [3.8, 4) is 6.07 Å². The van der Waals surface area contributed by atoms with Crippen LogP contribution in [0.25, 0.3) is 0 Å². The first-order valence-electron chi connectivity index (χ1n) is 5.73. The molecular weight excluding hydrogens is 270 g/mol. The van der Waals surface area contributed by atoms with Crippen LogP contribution in [-0.2, 0) is 15.6 Å². The largest absolute Gasteiger partial charge is 0.228 e. The van der Waals surface area contributed by atoms with Gasteiger partial charge in [0.05, 0.1) is 23.1 Å². The molecule has 1 aromatic rings. The fourth-order valence-electron chi connectivity index (χ4n) is 1.46. The molecule has 5 heteroatoms. The van der Waals surface area contributed by atoms with Gasteiger partial charge in [-0.15, -0.1) is 0 Å². The second kappa shape index (κ2) is 6.21. The molecule has 0 spiro atoms. The first-order chi connectivity index (χ1) is 8.34. The topological polar surface area (TPSA) is 57.9 Å². The Morgan fingerprint density at radius 1 is 1.39 bits per heavy atom. The van der Waals surface area contributed by atoms with E-state index in [1.165, 1.54) is 6.07 Å². The summed E-state index contributed by atoms with van der Waals surface area (Å²) in [5.74, 6) is 0.460. The standard InChI is InChI=1S/C13H16ClNO2S/c1-10(2)5-6-18(16,17)9-12-4-3-11(8-15)7-13(12)14/h3-4,7,10H,5-6,9H2,1-2H3. The first-order valence-corrected chi connectivity index (χ1v) is 7.93. The Balaban J connectivity index is 2.82. The summed E-state index contributed by atoms with van der Waals surface area (Å²) in [4.78, 5) is 0. The monoisotopic (exact) mass is 285 g/mol. The lowest BCUT2D eigenvalue weighted by Gasteiger charge is -2.08. The number of nitrogens with zero attached hydrogens (tertiary/aromatic N) is 1. The highest BCUT2D eigenvalue weighted by Gasteiger charge is 2.15. The lowest BCUT2D eigenvalue weighted by atomic mass is 10.2. The molecule has 3 nitrogen and oxygen atoms in total. The molecule has 0 aromatic heterocycles. The number of hydrogen-bond acceptors (Lipinski definition) is 3. The van der Waals surface area contributed by atoms with Gasteiger partial charge in [-0.05, 0) is 30.0 Å². The molecule has 0 aliphatic carbocycles. The molecule has 1 rings (SSSR count). The van der Waals surface area contributed by atoms with E-state index >= 15 is 0 Å². The highest BCUT2D eigenvalue weighted by Crippen LogP contribution is 2.20. The molecule has 0 bridgehead atoms. The average molecular weight is 286 g/mol. The lowest BCUT2D eigenvalue weighted by Crippen LogP contribution is -2.11. The van der Waals surface area contributed by atoms with Crippen LogP contribution < -0.4 is 0 Å². The van der Waals surface area contributed by atoms with E-state index < -0.39 is 9.84 Å². The third-order valence-corrected chi connectivity index (χ3v) is 4.52. The molecule has 0 fully saturated rings. The number of halogens is 1. The molecule has 0 saturated heterocycles. The third-order valence-electron chi connectivity index (χ3n) is 2.56. The summed E-state index contributed by atoms with van der Waals surface area (Å²) in [6, 6.07) is 6.65. The maximum atomic E-state index is 11.9. The zero-order valence-electron chi connectivity index (χ0n) is 10.5. The van der Waals surface area contributed by atoms with Gasteiger partial charge in [0.1, 0.15) is 0 Å². The van der Waals surface area contributed by atoms with Gasteiger partial charge in [0, 0.05) is 5.02 Å². The molecule has 0 unspecified atom stereocenters. The lowest BCUT2D eigenvalue weighted by molar-refractivity contribution is 0.573. The predicted molar refractivity (Wildman–Crippen MR) is 73.1 cm³/mol. The Morgan fingerprint density at radius 3 is 2.56 bits per heavy atom. The molecule has 0 N–H and O–H groups in total. The summed E-state index contributed by atoms with van der Waals surface area (Å²) < 4.78 is 23.8. The van der Waals surface area contributed by atoms with Crippen molar-refractivity contribution in [2.75, 3.05) is 5.75 Å². The van der Waals surface area contributed by atoms with E-state index in [1.54, 1.807) is 12.1 Å². The number of nitriles is 1. The summed E-state index contributed by atoms with van der Waals surface area (Å²) in [5, 5.41) is 9.04. The normalized spacial score (nSPS) is 11.5. The van der Waals surface area contributed by atoms with Gasteiger partial charge in [0.15, 0.2) is 9.84 Å². The fraction of sp³-hybridized carbons (Fsp3) is 0.462. The summed E-state index contributed by atoms with van der Waals surface area (Å²) in [5.41, 5.74) is 0.989. The SMILES string of the molecule is CC(C)CCS(=O)(=O)Cc1ccc(C#N)cc1Cl. The van der Waals surface area contributed by atoms with E-state index in [2.05, 4.69) is 0 Å². The van der Waals surface area contributed by atoms with Crippen LogP contribution in [0.4, 0.5) is 0 Å². The summed E-state index contributed by atoms with van der Waals surface area (Å²) in [6.45, 7) is 3.98. The summed E-state index contributed by atoms with van der Waals surface area (Å²) in [7, 11) is -3.14. The van der Waals surface area contributed by atoms with E-state index in [0.29, 0.717) is 28.5 Å². The van der Waals surface area contributed by atoms with Crippen molar-refractivity contribution in [2.45, 2.75) is 26.0 Å². The number of hydrogen-bond donors (Lipinski definition) is 0. The molecule has 0 heterocycles. The van der Waals surface area contributed by atoms with Gasteiger partial charge >= 0.3 is 0 Å². The highest BCUT2D eigenvalue weighted by molar-refractivity contribution is 7.90. The molecule has 0 aliphatic heterocycles. The van der Waals surface area contributed by atoms with Crippen molar-refractivity contribution >= 4 is 21.4 Å². The molecular formula is C13H16ClNO2S. The minimum atomic E-state index is -3.14. The molecule has 0 atom stereocenters. The van der Waals surface area contributed by atoms with E-state index in [0.717, 1.165) is 0 Å². The van der Waals surface area contributed by atoms with Gasteiger partial charge in [-0.1, -0.05) is 31.5 Å². The van der Waals surface area contributed by atoms with Crippen molar-refractivity contribution in [3.05, 3.63) is 34.3 Å². The van der Waals surface area contributed by atoms with Crippen molar-refractivity contribution in [1.29, 1.82) is 5.26 Å². The maximum Gasteiger partial charge on any atom is 0.154 e. The second-order valence-electron chi connectivity index (χ2n) is 4.69. The summed E-state index contributed by atoms with van der Waals surface area (Å²) >= 11 is 5.96. The zero-order chi connectivity index (χ0) is 13.8. The molecule has 0 aliphatic rings. The van der Waals surface area contributed by atoms with Gasteiger partial charge < -0.3 is 0 Å². The minimum absolute atomic E-state index is 0.0652. The van der Waals surface area contributed by atoms with Crippen molar-refractivity contribution in [1.82, 2.24) is 0 Å². The Labute approximate surface area is 113 Å². The van der Waals surface area contributed by atoms with Gasteiger partial charge in [-0.25, -0.2) is 8.42 Å². The van der Waals surface area contributed by atoms with Crippen LogP contribution in [0.1, 0.15) is 31.4 Å². The van der Waals surface area contributed by atoms with Gasteiger partial charge in [0.25, 0.3) is 0 Å². The van der Waals surface area contributed by atoms with Gasteiger partial charge in [0.2, 0.25) is 0 Å². The average Bonchev–Trinajstić information content (AvgIpc) is 2.29. The van der Waals surface area contributed by atoms with Gasteiger partial charge in [-0.2, -0.15) is 5.26 Å². The van der Waals surface area contributed by atoms with Gasteiger partial charge in [-0.3, -0.25) is 0 Å². The van der Waals surface area contributed by atoms with Crippen molar-refractivity contribution < 1.29 is 8.42 Å². The third kappa shape index (κ3) is 4.67. The van der Waals surface area contributed by atoms with Crippen LogP contribution >= 0.6 is 11.6 Å². The van der Waals surface area contributed by atoms with E-state index in [4.69, 9.17) is 16.9 Å².